The topological polar surface area (TPSA) is 21.3 Å². The molecule has 21 heavy (non-hydrogen) atoms. The van der Waals surface area contributed by atoms with Crippen LogP contribution in [0.25, 0.3) is 0 Å². The second-order valence-electron chi connectivity index (χ2n) is 4.94. The van der Waals surface area contributed by atoms with Gasteiger partial charge in [0.15, 0.2) is 0 Å². The van der Waals surface area contributed by atoms with Gasteiger partial charge in [-0.2, -0.15) is 0 Å². The molecular weight excluding hydrogens is 305 g/mol. The van der Waals surface area contributed by atoms with E-state index in [0.717, 1.165) is 24.5 Å². The second-order valence-corrected chi connectivity index (χ2v) is 5.81. The van der Waals surface area contributed by atoms with Gasteiger partial charge in [-0.15, -0.1) is 0 Å². The average molecular weight is 324 g/mol. The van der Waals surface area contributed by atoms with E-state index in [2.05, 4.69) is 31.3 Å². The minimum atomic E-state index is 0.153. The van der Waals surface area contributed by atoms with Crippen molar-refractivity contribution in [1.82, 2.24) is 0 Å². The van der Waals surface area contributed by atoms with Crippen LogP contribution >= 0.6 is 23.2 Å². The maximum absolute atomic E-state index is 6.01. The van der Waals surface area contributed by atoms with Crippen LogP contribution in [0.15, 0.2) is 42.5 Å². The van der Waals surface area contributed by atoms with Crippen LogP contribution in [-0.2, 0) is 0 Å². The van der Waals surface area contributed by atoms with Gasteiger partial charge in [0.25, 0.3) is 0 Å². The number of rotatable bonds is 6. The van der Waals surface area contributed by atoms with Crippen LogP contribution in [0.1, 0.15) is 31.9 Å². The molecule has 2 aromatic carbocycles. The molecule has 2 nitrogen and oxygen atoms in total. The summed E-state index contributed by atoms with van der Waals surface area (Å²) in [7, 11) is 0. The zero-order valence-electron chi connectivity index (χ0n) is 12.2. The first-order chi connectivity index (χ1) is 10.1. The highest BCUT2D eigenvalue weighted by atomic mass is 35.5. The summed E-state index contributed by atoms with van der Waals surface area (Å²) in [6, 6.07) is 13.7. The summed E-state index contributed by atoms with van der Waals surface area (Å²) in [6.45, 7) is 4.93. The Morgan fingerprint density at radius 2 is 1.67 bits per heavy atom. The number of halogens is 2. The predicted octanol–water partition coefficient (Wildman–Crippen LogP) is 5.96. The smallest absolute Gasteiger partial charge is 0.119 e. The molecule has 0 radical (unpaired) electrons. The minimum absolute atomic E-state index is 0.153. The van der Waals surface area contributed by atoms with Crippen molar-refractivity contribution in [1.29, 1.82) is 0 Å². The molecule has 112 valence electrons. The molecular formula is C17H19Cl2NO. The van der Waals surface area contributed by atoms with Crippen LogP contribution in [0.4, 0.5) is 5.69 Å². The molecule has 0 saturated carbocycles. The van der Waals surface area contributed by atoms with Gasteiger partial charge in [0.05, 0.1) is 6.61 Å². The molecule has 0 aliphatic rings. The monoisotopic (exact) mass is 323 g/mol. The molecule has 1 atom stereocenters. The molecule has 2 rings (SSSR count). The number of hydrogen-bond donors (Lipinski definition) is 1. The van der Waals surface area contributed by atoms with Crippen LogP contribution in [0.3, 0.4) is 0 Å². The van der Waals surface area contributed by atoms with Crippen molar-refractivity contribution in [3.05, 3.63) is 58.1 Å². The lowest BCUT2D eigenvalue weighted by Gasteiger charge is -2.17. The molecule has 0 bridgehead atoms. The van der Waals surface area contributed by atoms with E-state index in [0.29, 0.717) is 10.0 Å². The first-order valence-corrected chi connectivity index (χ1v) is 7.79. The Morgan fingerprint density at radius 1 is 1.05 bits per heavy atom. The van der Waals surface area contributed by atoms with E-state index >= 15 is 0 Å². The third kappa shape index (κ3) is 4.83. The van der Waals surface area contributed by atoms with E-state index < -0.39 is 0 Å². The molecule has 1 N–H and O–H groups in total. The van der Waals surface area contributed by atoms with E-state index in [4.69, 9.17) is 27.9 Å². The predicted molar refractivity (Wildman–Crippen MR) is 90.7 cm³/mol. The molecule has 0 aliphatic carbocycles. The van der Waals surface area contributed by atoms with Gasteiger partial charge in [-0.25, -0.2) is 0 Å². The van der Waals surface area contributed by atoms with E-state index in [1.165, 1.54) is 5.56 Å². The summed E-state index contributed by atoms with van der Waals surface area (Å²) in [5.41, 5.74) is 2.08. The quantitative estimate of drug-likeness (QED) is 0.708. The van der Waals surface area contributed by atoms with Gasteiger partial charge in [-0.1, -0.05) is 42.3 Å². The SMILES string of the molecule is CCCOc1ccc(C(C)Nc2cc(Cl)cc(Cl)c2)cc1. The first kappa shape index (κ1) is 16.0. The van der Waals surface area contributed by atoms with E-state index in [9.17, 15) is 0 Å². The maximum Gasteiger partial charge on any atom is 0.119 e. The number of anilines is 1. The number of benzene rings is 2. The zero-order chi connectivity index (χ0) is 15.2. The van der Waals surface area contributed by atoms with Crippen molar-refractivity contribution in [2.75, 3.05) is 11.9 Å². The van der Waals surface area contributed by atoms with E-state index in [1.807, 2.05) is 24.3 Å². The molecule has 0 saturated heterocycles. The highest BCUT2D eigenvalue weighted by molar-refractivity contribution is 6.35. The third-order valence-electron chi connectivity index (χ3n) is 3.10. The summed E-state index contributed by atoms with van der Waals surface area (Å²) in [5.74, 6) is 0.901. The lowest BCUT2D eigenvalue weighted by Crippen LogP contribution is -2.06. The minimum Gasteiger partial charge on any atom is -0.494 e. The fourth-order valence-corrected chi connectivity index (χ4v) is 2.57. The molecule has 0 amide bonds. The largest absolute Gasteiger partial charge is 0.494 e. The first-order valence-electron chi connectivity index (χ1n) is 7.04. The second kappa shape index (κ2) is 7.58. The Labute approximate surface area is 136 Å². The molecule has 4 heteroatoms. The molecule has 0 heterocycles. The van der Waals surface area contributed by atoms with Crippen LogP contribution < -0.4 is 10.1 Å². The molecule has 0 spiro atoms. The van der Waals surface area contributed by atoms with Gasteiger partial charge in [0, 0.05) is 21.8 Å². The highest BCUT2D eigenvalue weighted by Crippen LogP contribution is 2.26. The number of ether oxygens (including phenoxy) is 1. The average Bonchev–Trinajstić information content (AvgIpc) is 2.44. The van der Waals surface area contributed by atoms with E-state index in [1.54, 1.807) is 6.07 Å². The molecule has 1 unspecified atom stereocenters. The molecule has 0 fully saturated rings. The van der Waals surface area contributed by atoms with Gasteiger partial charge < -0.3 is 10.1 Å². The highest BCUT2D eigenvalue weighted by Gasteiger charge is 2.07. The normalized spacial score (nSPS) is 12.0. The Morgan fingerprint density at radius 3 is 2.24 bits per heavy atom. The summed E-state index contributed by atoms with van der Waals surface area (Å²) in [6.07, 6.45) is 1.01. The van der Waals surface area contributed by atoms with Gasteiger partial charge in [0.2, 0.25) is 0 Å². The lowest BCUT2D eigenvalue weighted by molar-refractivity contribution is 0.317. The van der Waals surface area contributed by atoms with Crippen molar-refractivity contribution < 1.29 is 4.74 Å². The summed E-state index contributed by atoms with van der Waals surface area (Å²) < 4.78 is 5.58. The maximum atomic E-state index is 6.01. The van der Waals surface area contributed by atoms with Crippen molar-refractivity contribution in [2.24, 2.45) is 0 Å². The Hall–Kier alpha value is -1.38. The standard InChI is InChI=1S/C17H19Cl2NO/c1-3-8-21-17-6-4-13(5-7-17)12(2)20-16-10-14(18)9-15(19)11-16/h4-7,9-12,20H,3,8H2,1-2H3. The van der Waals surface area contributed by atoms with Crippen molar-refractivity contribution in [3.8, 4) is 5.75 Å². The number of nitrogens with one attached hydrogen (secondary N) is 1. The lowest BCUT2D eigenvalue weighted by atomic mass is 10.1. The fourth-order valence-electron chi connectivity index (χ4n) is 2.04. The van der Waals surface area contributed by atoms with Crippen LogP contribution in [0, 0.1) is 0 Å². The van der Waals surface area contributed by atoms with Crippen LogP contribution in [0.5, 0.6) is 5.75 Å². The summed E-state index contributed by atoms with van der Waals surface area (Å²) in [4.78, 5) is 0. The van der Waals surface area contributed by atoms with Crippen molar-refractivity contribution in [2.45, 2.75) is 26.3 Å². The molecule has 0 aromatic heterocycles. The molecule has 0 aliphatic heterocycles. The Kier molecular flexibility index (Phi) is 5.77. The Balaban J connectivity index is 2.04. The summed E-state index contributed by atoms with van der Waals surface area (Å²) >= 11 is 12.0. The van der Waals surface area contributed by atoms with Gasteiger partial charge in [0.1, 0.15) is 5.75 Å². The van der Waals surface area contributed by atoms with Crippen molar-refractivity contribution in [3.63, 3.8) is 0 Å². The zero-order valence-corrected chi connectivity index (χ0v) is 13.7. The van der Waals surface area contributed by atoms with Gasteiger partial charge in [-0.05, 0) is 49.2 Å². The van der Waals surface area contributed by atoms with Gasteiger partial charge >= 0.3 is 0 Å². The fraction of sp³-hybridized carbons (Fsp3) is 0.294. The summed E-state index contributed by atoms with van der Waals surface area (Å²) in [5, 5.41) is 4.64. The molecule has 2 aromatic rings. The third-order valence-corrected chi connectivity index (χ3v) is 3.54. The van der Waals surface area contributed by atoms with Crippen LogP contribution in [-0.4, -0.2) is 6.61 Å². The van der Waals surface area contributed by atoms with E-state index in [-0.39, 0.29) is 6.04 Å². The number of hydrogen-bond acceptors (Lipinski definition) is 2. The van der Waals surface area contributed by atoms with Gasteiger partial charge in [-0.3, -0.25) is 0 Å². The Bertz CT molecular complexity index is 564. The van der Waals surface area contributed by atoms with Crippen molar-refractivity contribution >= 4 is 28.9 Å². The van der Waals surface area contributed by atoms with Crippen LogP contribution in [0.2, 0.25) is 10.0 Å².